The molecule has 3 aliphatic rings. The van der Waals surface area contributed by atoms with Gasteiger partial charge >= 0.3 is 5.97 Å². The second-order valence-corrected chi connectivity index (χ2v) is 13.1. The van der Waals surface area contributed by atoms with Crippen LogP contribution >= 0.6 is 0 Å². The Hall–Kier alpha value is -2.25. The van der Waals surface area contributed by atoms with Gasteiger partial charge in [0, 0.05) is 29.7 Å². The molecule has 0 radical (unpaired) electrons. The van der Waals surface area contributed by atoms with Crippen LogP contribution in [0.2, 0.25) is 0 Å². The number of hydrogen-bond acceptors (Lipinski definition) is 4. The first kappa shape index (κ1) is 29.2. The maximum atomic E-state index is 14.4. The lowest BCUT2D eigenvalue weighted by atomic mass is 9.75. The zero-order chi connectivity index (χ0) is 28.8. The number of piperidine rings is 1. The number of likely N-dealkylation sites (tertiary alicyclic amines) is 1. The first-order chi connectivity index (χ1) is 19.1. The summed E-state index contributed by atoms with van der Waals surface area (Å²) in [5, 5.41) is 15.0. The third kappa shape index (κ3) is 5.13. The van der Waals surface area contributed by atoms with Gasteiger partial charge in [-0.1, -0.05) is 32.9 Å². The normalized spacial score (nSPS) is 26.1. The zero-order valence-corrected chi connectivity index (χ0v) is 25.4. The molecule has 5 rings (SSSR count). The molecule has 1 saturated carbocycles. The van der Waals surface area contributed by atoms with Crippen molar-refractivity contribution in [2.24, 2.45) is 11.8 Å². The highest BCUT2D eigenvalue weighted by Gasteiger charge is 2.48. The second kappa shape index (κ2) is 11.6. The van der Waals surface area contributed by atoms with Crippen LogP contribution in [0.1, 0.15) is 95.2 Å². The lowest BCUT2D eigenvalue weighted by molar-refractivity contribution is -0.145. The molecule has 0 bridgehead atoms. The fourth-order valence-electron chi connectivity index (χ4n) is 8.70. The van der Waals surface area contributed by atoms with Crippen molar-refractivity contribution >= 4 is 5.97 Å². The van der Waals surface area contributed by atoms with Crippen molar-refractivity contribution in [3.8, 4) is 0 Å². The zero-order valence-electron chi connectivity index (χ0n) is 25.4. The third-order valence-corrected chi connectivity index (χ3v) is 10.8. The van der Waals surface area contributed by atoms with Crippen LogP contribution in [0.5, 0.6) is 0 Å². The Kier molecular flexibility index (Phi) is 8.45. The fourth-order valence-corrected chi connectivity index (χ4v) is 8.70. The number of carbonyl (C=O) groups is 1. The molecule has 6 nitrogen and oxygen atoms in total. The molecule has 7 heteroatoms. The number of hydrogen-bond donors (Lipinski definition) is 1. The fraction of sp³-hybridized carbons (Fsp3) is 0.697. The van der Waals surface area contributed by atoms with E-state index in [2.05, 4.69) is 41.3 Å². The molecule has 1 aromatic heterocycles. The van der Waals surface area contributed by atoms with Crippen LogP contribution in [-0.2, 0) is 29.6 Å². The van der Waals surface area contributed by atoms with E-state index in [1.165, 1.54) is 29.4 Å². The van der Waals surface area contributed by atoms with Crippen LogP contribution in [0.3, 0.4) is 0 Å². The minimum atomic E-state index is -0.758. The third-order valence-electron chi connectivity index (χ3n) is 10.8. The number of likely N-dealkylation sites (N-methyl/N-ethyl adjacent to an activating group) is 1. The smallest absolute Gasteiger partial charge is 0.321 e. The van der Waals surface area contributed by atoms with Gasteiger partial charge in [0.15, 0.2) is 0 Å². The van der Waals surface area contributed by atoms with Gasteiger partial charge in [-0.25, -0.2) is 4.39 Å². The Bertz CT molecular complexity index is 1200. The van der Waals surface area contributed by atoms with E-state index in [1.807, 2.05) is 27.0 Å². The number of aromatic nitrogens is 2. The number of carboxylic acid groups (broad SMARTS) is 1. The molecule has 220 valence electrons. The average molecular weight is 553 g/mol. The van der Waals surface area contributed by atoms with Gasteiger partial charge in [-0.2, -0.15) is 5.10 Å². The minimum Gasteiger partial charge on any atom is -0.480 e. The van der Waals surface area contributed by atoms with E-state index in [1.54, 1.807) is 6.07 Å². The molecule has 1 N–H and O–H groups in total. The highest BCUT2D eigenvalue weighted by atomic mass is 19.1. The molecule has 1 aromatic carbocycles. The first-order valence-corrected chi connectivity index (χ1v) is 15.6. The quantitative estimate of drug-likeness (QED) is 0.421. The molecule has 40 heavy (non-hydrogen) atoms. The van der Waals surface area contributed by atoms with Gasteiger partial charge < -0.3 is 10.0 Å². The van der Waals surface area contributed by atoms with E-state index in [-0.39, 0.29) is 29.1 Å². The summed E-state index contributed by atoms with van der Waals surface area (Å²) in [6.07, 6.45) is 7.53. The molecular weight excluding hydrogens is 503 g/mol. The van der Waals surface area contributed by atoms with Crippen molar-refractivity contribution < 1.29 is 14.3 Å². The largest absolute Gasteiger partial charge is 0.480 e. The number of carboxylic acids is 1. The van der Waals surface area contributed by atoms with Crippen molar-refractivity contribution in [3.05, 3.63) is 52.6 Å². The predicted molar refractivity (Wildman–Crippen MR) is 157 cm³/mol. The van der Waals surface area contributed by atoms with Gasteiger partial charge in [0.1, 0.15) is 11.9 Å². The molecule has 2 aromatic rings. The summed E-state index contributed by atoms with van der Waals surface area (Å²) in [6.45, 7) is 13.8. The number of benzene rings is 1. The molecule has 2 aliphatic carbocycles. The lowest BCUT2D eigenvalue weighted by Gasteiger charge is -2.44. The van der Waals surface area contributed by atoms with Gasteiger partial charge in [0.05, 0.1) is 5.69 Å². The summed E-state index contributed by atoms with van der Waals surface area (Å²) >= 11 is 0. The Balaban J connectivity index is 1.36. The van der Waals surface area contributed by atoms with E-state index < -0.39 is 12.0 Å². The monoisotopic (exact) mass is 552 g/mol. The summed E-state index contributed by atoms with van der Waals surface area (Å²) in [6, 6.07) is 7.09. The molecule has 0 unspecified atom stereocenters. The first-order valence-electron chi connectivity index (χ1n) is 15.6. The van der Waals surface area contributed by atoms with Gasteiger partial charge in [0.25, 0.3) is 0 Å². The molecular formula is C33H49FN4O2. The van der Waals surface area contributed by atoms with Crippen LogP contribution in [0.25, 0.3) is 0 Å². The van der Waals surface area contributed by atoms with Crippen molar-refractivity contribution in [1.29, 1.82) is 0 Å². The highest BCUT2D eigenvalue weighted by Crippen LogP contribution is 2.50. The van der Waals surface area contributed by atoms with Crippen molar-refractivity contribution in [2.75, 3.05) is 20.1 Å². The molecule has 1 spiro atoms. The summed E-state index contributed by atoms with van der Waals surface area (Å²) in [4.78, 5) is 16.9. The summed E-state index contributed by atoms with van der Waals surface area (Å²) in [7, 11) is 1.98. The van der Waals surface area contributed by atoms with Crippen molar-refractivity contribution in [1.82, 2.24) is 19.6 Å². The molecule has 1 aliphatic heterocycles. The van der Waals surface area contributed by atoms with Crippen LogP contribution in [-0.4, -0.2) is 68.9 Å². The van der Waals surface area contributed by atoms with E-state index in [0.717, 1.165) is 63.7 Å². The Morgan fingerprint density at radius 1 is 1.18 bits per heavy atom. The lowest BCUT2D eigenvalue weighted by Crippen LogP contribution is -2.49. The molecule has 0 amide bonds. The van der Waals surface area contributed by atoms with Gasteiger partial charge in [0.2, 0.25) is 0 Å². The Labute approximate surface area is 239 Å². The van der Waals surface area contributed by atoms with E-state index in [9.17, 15) is 14.3 Å². The average Bonchev–Trinajstić information content (AvgIpc) is 3.62. The standard InChI is InChI=1S/C33H49FN4O2/c1-7-29-26-12-13-33(31(26)38(8-2)35-29)14-16-37(17-15-33)22(5)27-19-25(36(6)30(21(3)4)32(39)40)20-28(27)23-10-9-11-24(34)18-23/h9-11,18,21-22,25,27-28,30H,7-8,12-17,19-20H2,1-6H3,(H,39,40)/t22-,25+,27-,28-,30-/m1/s1. The van der Waals surface area contributed by atoms with Gasteiger partial charge in [-0.15, -0.1) is 0 Å². The molecule has 2 heterocycles. The number of nitrogens with zero attached hydrogens (tertiary/aromatic N) is 4. The number of aryl methyl sites for hydroxylation is 2. The Morgan fingerprint density at radius 3 is 2.50 bits per heavy atom. The van der Waals surface area contributed by atoms with E-state index in [4.69, 9.17) is 5.10 Å². The van der Waals surface area contributed by atoms with E-state index in [0.29, 0.717) is 12.0 Å². The minimum absolute atomic E-state index is 0.0194. The number of rotatable bonds is 9. The topological polar surface area (TPSA) is 61.6 Å². The summed E-state index contributed by atoms with van der Waals surface area (Å²) < 4.78 is 16.7. The maximum absolute atomic E-state index is 14.4. The summed E-state index contributed by atoms with van der Waals surface area (Å²) in [5.41, 5.74) is 5.64. The number of fused-ring (bicyclic) bond motifs is 2. The number of aliphatic carboxylic acids is 1. The molecule has 2 fully saturated rings. The van der Waals surface area contributed by atoms with Crippen molar-refractivity contribution in [3.63, 3.8) is 0 Å². The summed E-state index contributed by atoms with van der Waals surface area (Å²) in [5.74, 6) is -0.376. The van der Waals surface area contributed by atoms with Gasteiger partial charge in [-0.05, 0) is 120 Å². The SMILES string of the molecule is CCc1nn(CC)c2c1CCC21CCN([C@H](C)[C@H]2C[C@H](N(C)[C@@H](C(=O)O)C(C)C)C[C@@H]2c2cccc(F)c2)CC1. The molecule has 5 atom stereocenters. The maximum Gasteiger partial charge on any atom is 0.321 e. The molecule has 1 saturated heterocycles. The van der Waals surface area contributed by atoms with E-state index >= 15 is 0 Å². The van der Waals surface area contributed by atoms with Crippen LogP contribution in [0.15, 0.2) is 24.3 Å². The Morgan fingerprint density at radius 2 is 1.90 bits per heavy atom. The second-order valence-electron chi connectivity index (χ2n) is 13.1. The predicted octanol–water partition coefficient (Wildman–Crippen LogP) is 5.88. The highest BCUT2D eigenvalue weighted by molar-refractivity contribution is 5.73. The van der Waals surface area contributed by atoms with Gasteiger partial charge in [-0.3, -0.25) is 14.4 Å². The number of halogens is 1. The van der Waals surface area contributed by atoms with Crippen LogP contribution in [0, 0.1) is 17.7 Å². The van der Waals surface area contributed by atoms with Crippen molar-refractivity contribution in [2.45, 2.75) is 116 Å². The van der Waals surface area contributed by atoms with Crippen LogP contribution < -0.4 is 0 Å². The van der Waals surface area contributed by atoms with Crippen LogP contribution in [0.4, 0.5) is 4.39 Å².